The van der Waals surface area contributed by atoms with Crippen molar-refractivity contribution in [2.75, 3.05) is 0 Å². The zero-order chi connectivity index (χ0) is 12.8. The summed E-state index contributed by atoms with van der Waals surface area (Å²) >= 11 is 0. The number of aromatic nitrogens is 2. The number of pyridine rings is 1. The molecule has 2 heterocycles. The molecule has 0 saturated carbocycles. The molecule has 17 heavy (non-hydrogen) atoms. The van der Waals surface area contributed by atoms with Crippen molar-refractivity contribution in [3.63, 3.8) is 0 Å². The summed E-state index contributed by atoms with van der Waals surface area (Å²) in [5.41, 5.74) is 2.44. The molecule has 0 amide bonds. The van der Waals surface area contributed by atoms with E-state index >= 15 is 0 Å². The first-order valence-electron chi connectivity index (χ1n) is 5.53. The highest BCUT2D eigenvalue weighted by Gasteiger charge is 2.04. The lowest BCUT2D eigenvalue weighted by Crippen LogP contribution is -1.90. The molecule has 0 radical (unpaired) electrons. The second kappa shape index (κ2) is 5.84. The number of aliphatic carboxylic acids is 1. The molecule has 0 spiro atoms. The SMILES string of the molecule is CC.Cc1nc2ccccn2c1/C=C/C(=O)O. The van der Waals surface area contributed by atoms with Crippen molar-refractivity contribution < 1.29 is 9.90 Å². The Morgan fingerprint density at radius 1 is 1.41 bits per heavy atom. The summed E-state index contributed by atoms with van der Waals surface area (Å²) in [6, 6.07) is 5.66. The maximum atomic E-state index is 10.4. The fourth-order valence-electron chi connectivity index (χ4n) is 1.48. The Kier molecular flexibility index (Phi) is 4.46. The number of hydrogen-bond donors (Lipinski definition) is 1. The molecular formula is C13H16N2O2. The molecule has 0 saturated heterocycles. The van der Waals surface area contributed by atoms with Gasteiger partial charge in [-0.3, -0.25) is 0 Å². The van der Waals surface area contributed by atoms with Gasteiger partial charge in [0, 0.05) is 12.3 Å². The Balaban J connectivity index is 0.000000686. The zero-order valence-corrected chi connectivity index (χ0v) is 10.2. The van der Waals surface area contributed by atoms with Crippen LogP contribution in [0.4, 0.5) is 0 Å². The fraction of sp³-hybridized carbons (Fsp3) is 0.231. The highest BCUT2D eigenvalue weighted by atomic mass is 16.4. The Bertz CT molecular complexity index is 541. The average molecular weight is 232 g/mol. The van der Waals surface area contributed by atoms with Gasteiger partial charge in [-0.15, -0.1) is 0 Å². The third-order valence-electron chi connectivity index (χ3n) is 2.13. The third-order valence-corrected chi connectivity index (χ3v) is 2.13. The van der Waals surface area contributed by atoms with Gasteiger partial charge in [-0.1, -0.05) is 19.9 Å². The lowest BCUT2D eigenvalue weighted by atomic mass is 10.3. The second-order valence-corrected chi connectivity index (χ2v) is 3.18. The van der Waals surface area contributed by atoms with E-state index in [2.05, 4.69) is 4.98 Å². The van der Waals surface area contributed by atoms with Gasteiger partial charge in [0.25, 0.3) is 0 Å². The molecule has 0 aliphatic heterocycles. The standard InChI is InChI=1S/C11H10N2O2.C2H6/c1-8-9(5-6-11(14)15)13-7-3-2-4-10(13)12-8;1-2/h2-7H,1H3,(H,14,15);1-2H3/b6-5+;. The van der Waals surface area contributed by atoms with Gasteiger partial charge in [-0.2, -0.15) is 0 Å². The number of fused-ring (bicyclic) bond motifs is 1. The van der Waals surface area contributed by atoms with Crippen LogP contribution in [0, 0.1) is 6.92 Å². The minimum atomic E-state index is -0.958. The molecule has 2 aromatic rings. The first kappa shape index (κ1) is 13.0. The summed E-state index contributed by atoms with van der Waals surface area (Å²) in [4.78, 5) is 14.7. The van der Waals surface area contributed by atoms with Crippen LogP contribution in [0.5, 0.6) is 0 Å². The zero-order valence-electron chi connectivity index (χ0n) is 10.2. The smallest absolute Gasteiger partial charge is 0.328 e. The molecular weight excluding hydrogens is 216 g/mol. The van der Waals surface area contributed by atoms with Gasteiger partial charge in [0.05, 0.1) is 11.4 Å². The number of nitrogens with zero attached hydrogens (tertiary/aromatic N) is 2. The number of imidazole rings is 1. The molecule has 0 bridgehead atoms. The van der Waals surface area contributed by atoms with Crippen LogP contribution in [0.25, 0.3) is 11.7 Å². The van der Waals surface area contributed by atoms with Crippen molar-refractivity contribution in [3.8, 4) is 0 Å². The van der Waals surface area contributed by atoms with Crippen LogP contribution >= 0.6 is 0 Å². The van der Waals surface area contributed by atoms with Crippen molar-refractivity contribution >= 4 is 17.7 Å². The molecule has 0 aliphatic carbocycles. The van der Waals surface area contributed by atoms with Crippen LogP contribution in [-0.4, -0.2) is 20.5 Å². The van der Waals surface area contributed by atoms with Gasteiger partial charge in [-0.05, 0) is 25.1 Å². The van der Waals surface area contributed by atoms with E-state index in [9.17, 15) is 4.79 Å². The van der Waals surface area contributed by atoms with Crippen molar-refractivity contribution in [1.29, 1.82) is 0 Å². The van der Waals surface area contributed by atoms with Gasteiger partial charge in [0.1, 0.15) is 5.65 Å². The van der Waals surface area contributed by atoms with Gasteiger partial charge in [-0.25, -0.2) is 9.78 Å². The fourth-order valence-corrected chi connectivity index (χ4v) is 1.48. The Hall–Kier alpha value is -2.10. The highest BCUT2D eigenvalue weighted by molar-refractivity contribution is 5.85. The molecule has 4 heteroatoms. The number of carboxylic acid groups (broad SMARTS) is 1. The molecule has 4 nitrogen and oxygen atoms in total. The van der Waals surface area contributed by atoms with Crippen LogP contribution < -0.4 is 0 Å². The van der Waals surface area contributed by atoms with Crippen LogP contribution in [-0.2, 0) is 4.79 Å². The van der Waals surface area contributed by atoms with Gasteiger partial charge in [0.2, 0.25) is 0 Å². The van der Waals surface area contributed by atoms with Crippen LogP contribution in [0.2, 0.25) is 0 Å². The molecule has 0 unspecified atom stereocenters. The normalized spacial score (nSPS) is 10.3. The number of aryl methyl sites for hydroxylation is 1. The van der Waals surface area contributed by atoms with Crippen molar-refractivity contribution in [2.45, 2.75) is 20.8 Å². The van der Waals surface area contributed by atoms with Crippen molar-refractivity contribution in [2.24, 2.45) is 0 Å². The lowest BCUT2D eigenvalue weighted by Gasteiger charge is -1.95. The summed E-state index contributed by atoms with van der Waals surface area (Å²) in [5, 5.41) is 8.56. The summed E-state index contributed by atoms with van der Waals surface area (Å²) in [7, 11) is 0. The summed E-state index contributed by atoms with van der Waals surface area (Å²) in [6.45, 7) is 5.86. The first-order chi connectivity index (χ1) is 8.18. The second-order valence-electron chi connectivity index (χ2n) is 3.18. The Morgan fingerprint density at radius 3 is 2.76 bits per heavy atom. The summed E-state index contributed by atoms with van der Waals surface area (Å²) < 4.78 is 1.86. The maximum Gasteiger partial charge on any atom is 0.328 e. The topological polar surface area (TPSA) is 54.6 Å². The van der Waals surface area contributed by atoms with Gasteiger partial charge in [0.15, 0.2) is 0 Å². The molecule has 2 aromatic heterocycles. The minimum absolute atomic E-state index is 0.799. The molecule has 0 aromatic carbocycles. The van der Waals surface area contributed by atoms with E-state index < -0.39 is 5.97 Å². The van der Waals surface area contributed by atoms with E-state index in [-0.39, 0.29) is 0 Å². The predicted octanol–water partition coefficient (Wildman–Crippen LogP) is 2.77. The summed E-state index contributed by atoms with van der Waals surface area (Å²) in [5.74, 6) is -0.958. The van der Waals surface area contributed by atoms with E-state index in [1.54, 1.807) is 6.08 Å². The lowest BCUT2D eigenvalue weighted by molar-refractivity contribution is -0.131. The van der Waals surface area contributed by atoms with Crippen molar-refractivity contribution in [3.05, 3.63) is 41.9 Å². The van der Waals surface area contributed by atoms with E-state index in [0.29, 0.717) is 0 Å². The monoisotopic (exact) mass is 232 g/mol. The van der Waals surface area contributed by atoms with Gasteiger partial charge >= 0.3 is 5.97 Å². The third kappa shape index (κ3) is 2.93. The van der Waals surface area contributed by atoms with Crippen LogP contribution in [0.1, 0.15) is 25.2 Å². The first-order valence-corrected chi connectivity index (χ1v) is 5.53. The molecule has 1 N–H and O–H groups in total. The maximum absolute atomic E-state index is 10.4. The highest BCUT2D eigenvalue weighted by Crippen LogP contribution is 2.12. The summed E-state index contributed by atoms with van der Waals surface area (Å²) in [6.07, 6.45) is 4.53. The Labute approximate surface area is 100 Å². The van der Waals surface area contributed by atoms with E-state index in [0.717, 1.165) is 23.1 Å². The van der Waals surface area contributed by atoms with Crippen molar-refractivity contribution in [1.82, 2.24) is 9.38 Å². The molecule has 90 valence electrons. The quantitative estimate of drug-likeness (QED) is 0.810. The number of carboxylic acids is 1. The average Bonchev–Trinajstić information content (AvgIpc) is 2.65. The largest absolute Gasteiger partial charge is 0.478 e. The Morgan fingerprint density at radius 2 is 2.12 bits per heavy atom. The van der Waals surface area contributed by atoms with Crippen LogP contribution in [0.15, 0.2) is 30.5 Å². The number of hydrogen-bond acceptors (Lipinski definition) is 2. The minimum Gasteiger partial charge on any atom is -0.478 e. The predicted molar refractivity (Wildman–Crippen MR) is 67.9 cm³/mol. The molecule has 0 fully saturated rings. The number of rotatable bonds is 2. The van der Waals surface area contributed by atoms with Crippen LogP contribution in [0.3, 0.4) is 0 Å². The van der Waals surface area contributed by atoms with Gasteiger partial charge < -0.3 is 9.51 Å². The molecule has 2 rings (SSSR count). The number of carbonyl (C=O) groups is 1. The van der Waals surface area contributed by atoms with E-state index in [1.807, 2.05) is 49.6 Å². The molecule has 0 atom stereocenters. The van der Waals surface area contributed by atoms with E-state index in [4.69, 9.17) is 5.11 Å². The van der Waals surface area contributed by atoms with E-state index in [1.165, 1.54) is 0 Å². The molecule has 0 aliphatic rings.